The third-order valence-electron chi connectivity index (χ3n) is 11.0. The molecule has 2 fully saturated rings. The summed E-state index contributed by atoms with van der Waals surface area (Å²) in [5, 5.41) is 24.1. The molecule has 1 aromatic rings. The molecule has 2 bridgehead atoms. The van der Waals surface area contributed by atoms with Gasteiger partial charge in [0.25, 0.3) is 0 Å². The summed E-state index contributed by atoms with van der Waals surface area (Å²) in [6.07, 6.45) is 4.72. The number of carbonyl (C=O) groups is 4. The summed E-state index contributed by atoms with van der Waals surface area (Å²) < 4.78 is 18.3. The van der Waals surface area contributed by atoms with Crippen molar-refractivity contribution < 1.29 is 43.6 Å². The van der Waals surface area contributed by atoms with E-state index in [0.29, 0.717) is 48.9 Å². The monoisotopic (exact) mass is 696 g/mol. The second-order valence-corrected chi connectivity index (χ2v) is 14.2. The van der Waals surface area contributed by atoms with Gasteiger partial charge >= 0.3 is 12.1 Å². The van der Waals surface area contributed by atoms with Gasteiger partial charge in [-0.25, -0.2) is 4.79 Å². The minimum absolute atomic E-state index is 0.0269. The van der Waals surface area contributed by atoms with E-state index in [4.69, 9.17) is 30.8 Å². The number of aliphatic hydroxyl groups is 1. The molecule has 1 saturated heterocycles. The number of piperidine rings is 1. The Morgan fingerprint density at radius 1 is 1.22 bits per heavy atom. The van der Waals surface area contributed by atoms with Gasteiger partial charge in [0, 0.05) is 51.1 Å². The average molecular weight is 697 g/mol. The zero-order valence-corrected chi connectivity index (χ0v) is 28.7. The predicted molar refractivity (Wildman–Crippen MR) is 181 cm³/mol. The number of carboxylic acids is 1. The summed E-state index contributed by atoms with van der Waals surface area (Å²) in [5.41, 5.74) is 10.9. The lowest BCUT2D eigenvalue weighted by Crippen LogP contribution is -2.75. The van der Waals surface area contributed by atoms with Gasteiger partial charge in [0.15, 0.2) is 29.3 Å². The molecule has 1 saturated carbocycles. The number of amides is 2. The van der Waals surface area contributed by atoms with Gasteiger partial charge in [0.2, 0.25) is 5.91 Å². The number of methoxy groups -OCH3 is 1. The average Bonchev–Trinajstić information content (AvgIpc) is 3.81. The van der Waals surface area contributed by atoms with Crippen molar-refractivity contribution in [3.8, 4) is 11.5 Å². The maximum Gasteiger partial charge on any atom is 0.414 e. The molecule has 15 heteroatoms. The van der Waals surface area contributed by atoms with E-state index in [-0.39, 0.29) is 50.1 Å². The normalized spacial score (nSPS) is 26.4. The number of nitrogens with two attached hydrogens (primary N) is 2. The van der Waals surface area contributed by atoms with Gasteiger partial charge in [-0.3, -0.25) is 24.3 Å². The number of ketones is 1. The van der Waals surface area contributed by atoms with Crippen LogP contribution in [-0.4, -0.2) is 114 Å². The Balaban J connectivity index is 1.12. The molecule has 1 unspecified atom stereocenters. The molecule has 5 aliphatic rings. The highest BCUT2D eigenvalue weighted by Crippen LogP contribution is 2.65. The quantitative estimate of drug-likeness (QED) is 0.0712. The fourth-order valence-electron chi connectivity index (χ4n) is 8.45. The smallest absolute Gasteiger partial charge is 0.414 e. The number of rotatable bonds is 16. The van der Waals surface area contributed by atoms with Gasteiger partial charge in [-0.05, 0) is 75.1 Å². The van der Waals surface area contributed by atoms with Crippen LogP contribution in [0, 0.1) is 5.92 Å². The molecule has 6 rings (SSSR count). The highest BCUT2D eigenvalue weighted by Gasteiger charge is 2.72. The Morgan fingerprint density at radius 3 is 2.70 bits per heavy atom. The Kier molecular flexibility index (Phi) is 10.00. The molecule has 0 aromatic heterocycles. The molecule has 2 amide bonds. The van der Waals surface area contributed by atoms with Crippen molar-refractivity contribution in [3.05, 3.63) is 35.1 Å². The van der Waals surface area contributed by atoms with Crippen molar-refractivity contribution in [3.63, 3.8) is 0 Å². The van der Waals surface area contributed by atoms with Crippen LogP contribution in [0.3, 0.4) is 0 Å². The van der Waals surface area contributed by atoms with Crippen LogP contribution in [0.2, 0.25) is 0 Å². The zero-order valence-electron chi connectivity index (χ0n) is 28.7. The number of nitrogens with zero attached hydrogens (tertiary/aromatic N) is 3. The van der Waals surface area contributed by atoms with Crippen LogP contribution >= 0.6 is 0 Å². The van der Waals surface area contributed by atoms with E-state index >= 15 is 0 Å². The molecule has 5 atom stereocenters. The molecule has 2 heterocycles. The van der Waals surface area contributed by atoms with Crippen LogP contribution in [0.15, 0.2) is 29.0 Å². The number of aliphatic imine (C=N–C) groups is 1. The Labute approximate surface area is 291 Å². The van der Waals surface area contributed by atoms with E-state index in [1.165, 1.54) is 17.7 Å². The van der Waals surface area contributed by atoms with Crippen LogP contribution < -0.4 is 26.3 Å². The SMILES string of the molecule is COc1ccc2c3c1O[C@H]1C(OC(=O)N(C)CCCC(=O)[C@@H](CCCN=C(N)N)NC(=O)CC(=O)O)=CC[C@@]4(O)C(C2)N(CC2CC2)CC[C@]314. The van der Waals surface area contributed by atoms with Crippen molar-refractivity contribution >= 4 is 29.7 Å². The van der Waals surface area contributed by atoms with Crippen molar-refractivity contribution in [1.82, 2.24) is 15.1 Å². The minimum Gasteiger partial charge on any atom is -0.493 e. The first-order valence-electron chi connectivity index (χ1n) is 17.4. The van der Waals surface area contributed by atoms with E-state index in [1.807, 2.05) is 6.07 Å². The minimum atomic E-state index is -1.31. The summed E-state index contributed by atoms with van der Waals surface area (Å²) in [5.74, 6) is -0.269. The Hall–Kier alpha value is -4.37. The van der Waals surface area contributed by atoms with Gasteiger partial charge < -0.3 is 46.1 Å². The van der Waals surface area contributed by atoms with E-state index in [2.05, 4.69) is 21.3 Å². The van der Waals surface area contributed by atoms with Crippen molar-refractivity contribution in [2.24, 2.45) is 22.4 Å². The number of ether oxygens (including phenoxy) is 3. The number of guanidine groups is 1. The van der Waals surface area contributed by atoms with Crippen molar-refractivity contribution in [1.29, 1.82) is 0 Å². The molecular weight excluding hydrogens is 648 g/mol. The van der Waals surface area contributed by atoms with Crippen LogP contribution in [0.4, 0.5) is 4.79 Å². The first-order chi connectivity index (χ1) is 23.9. The van der Waals surface area contributed by atoms with Crippen molar-refractivity contribution in [2.75, 3.05) is 40.3 Å². The van der Waals surface area contributed by atoms with E-state index in [9.17, 15) is 24.3 Å². The molecule has 1 aromatic carbocycles. The number of carbonyl (C=O) groups excluding carboxylic acids is 3. The lowest BCUT2D eigenvalue weighted by Gasteiger charge is -2.62. The van der Waals surface area contributed by atoms with E-state index < -0.39 is 47.6 Å². The zero-order chi connectivity index (χ0) is 35.8. The third kappa shape index (κ3) is 6.60. The number of benzene rings is 1. The maximum atomic E-state index is 13.5. The molecule has 50 heavy (non-hydrogen) atoms. The molecule has 7 N–H and O–H groups in total. The first-order valence-corrected chi connectivity index (χ1v) is 17.4. The molecule has 0 radical (unpaired) electrons. The van der Waals surface area contributed by atoms with Gasteiger partial charge in [-0.15, -0.1) is 0 Å². The van der Waals surface area contributed by atoms with E-state index in [1.54, 1.807) is 20.2 Å². The van der Waals surface area contributed by atoms with Gasteiger partial charge in [-0.1, -0.05) is 6.07 Å². The molecule has 2 aliphatic heterocycles. The van der Waals surface area contributed by atoms with Crippen molar-refractivity contribution in [2.45, 2.75) is 93.4 Å². The van der Waals surface area contributed by atoms with Gasteiger partial charge in [0.05, 0.1) is 24.2 Å². The topological polar surface area (TPSA) is 219 Å². The number of hydrogen-bond donors (Lipinski definition) is 5. The predicted octanol–water partition coefficient (Wildman–Crippen LogP) is 1.18. The Morgan fingerprint density at radius 2 is 2.00 bits per heavy atom. The first kappa shape index (κ1) is 35.5. The summed E-state index contributed by atoms with van der Waals surface area (Å²) in [4.78, 5) is 57.4. The largest absolute Gasteiger partial charge is 0.493 e. The number of Topliss-reactive ketones (excluding diaryl/α,β-unsaturated/α-hetero) is 1. The van der Waals surface area contributed by atoms with Gasteiger partial charge in [-0.2, -0.15) is 0 Å². The number of carboxylic acid groups (broad SMARTS) is 1. The number of hydrogen-bond acceptors (Lipinski definition) is 10. The molecule has 15 nitrogen and oxygen atoms in total. The number of nitrogens with one attached hydrogen (secondary N) is 1. The standard InChI is InChI=1S/C35H48N6O9/c1-40(15-4-6-23(42)22(5-3-14-38-32(36)37)39-27(43)18-28(44)45)33(46)49-25-11-12-35(47)26-17-21-9-10-24(48-2)30-29(21)34(35,31(25)50-30)13-16-41(26)19-20-7-8-20/h9-11,20,22,26,31,47H,3-8,12-19H2,1-2H3,(H,39,43)(H,44,45)(H4,36,37,38)/t22-,26?,31+,34+,35-/m1/s1. The molecule has 3 aliphatic carbocycles. The fraction of sp³-hybridized carbons (Fsp3) is 0.629. The van der Waals surface area contributed by atoms with Crippen LogP contribution in [0.5, 0.6) is 11.5 Å². The highest BCUT2D eigenvalue weighted by molar-refractivity contribution is 5.96. The van der Waals surface area contributed by atoms with Crippen LogP contribution in [-0.2, 0) is 31.0 Å². The third-order valence-corrected chi connectivity index (χ3v) is 11.0. The summed E-state index contributed by atoms with van der Waals surface area (Å²) in [6, 6.07) is 2.97. The second-order valence-electron chi connectivity index (χ2n) is 14.2. The number of likely N-dealkylation sites (tertiary alicyclic amines) is 1. The molecule has 1 spiro atoms. The summed E-state index contributed by atoms with van der Waals surface area (Å²) in [7, 11) is 3.16. The number of aliphatic carboxylic acids is 1. The lowest BCUT2D eigenvalue weighted by atomic mass is 9.50. The maximum absolute atomic E-state index is 13.5. The lowest BCUT2D eigenvalue weighted by molar-refractivity contribution is -0.169. The summed E-state index contributed by atoms with van der Waals surface area (Å²) in [6.45, 7) is 2.20. The molecule has 272 valence electrons. The van der Waals surface area contributed by atoms with Gasteiger partial charge in [0.1, 0.15) is 12.2 Å². The Bertz CT molecular complexity index is 1590. The second kappa shape index (κ2) is 14.1. The highest BCUT2D eigenvalue weighted by atomic mass is 16.6. The van der Waals surface area contributed by atoms with E-state index in [0.717, 1.165) is 24.2 Å². The molecular formula is C35H48N6O9. The fourth-order valence-corrected chi connectivity index (χ4v) is 8.45. The summed E-state index contributed by atoms with van der Waals surface area (Å²) >= 11 is 0. The van der Waals surface area contributed by atoms with Crippen LogP contribution in [0.1, 0.15) is 68.9 Å². The van der Waals surface area contributed by atoms with Crippen LogP contribution in [0.25, 0.3) is 0 Å².